The predicted octanol–water partition coefficient (Wildman–Crippen LogP) is -0.892. The molecule has 0 saturated carbocycles. The molecule has 5 nitrogen and oxygen atoms in total. The van der Waals surface area contributed by atoms with Gasteiger partial charge in [-0.2, -0.15) is 0 Å². The van der Waals surface area contributed by atoms with E-state index in [1.54, 1.807) is 11.8 Å². The summed E-state index contributed by atoms with van der Waals surface area (Å²) in [6.45, 7) is 2.42. The van der Waals surface area contributed by atoms with Crippen LogP contribution in [0.1, 0.15) is 13.3 Å². The van der Waals surface area contributed by atoms with Crippen LogP contribution in [-0.4, -0.2) is 42.5 Å². The summed E-state index contributed by atoms with van der Waals surface area (Å²) in [5, 5.41) is 0. The van der Waals surface area contributed by atoms with Crippen molar-refractivity contribution in [3.05, 3.63) is 0 Å². The van der Waals surface area contributed by atoms with Crippen molar-refractivity contribution in [2.24, 2.45) is 5.73 Å². The molecule has 1 saturated heterocycles. The molecule has 0 aliphatic carbocycles. The zero-order chi connectivity index (χ0) is 10.0. The predicted molar refractivity (Wildman–Crippen MR) is 45.8 cm³/mol. The van der Waals surface area contributed by atoms with Gasteiger partial charge in [0.2, 0.25) is 5.91 Å². The SMILES string of the molecule is COC(=O)C1CCN1C(C)C(N)=O. The van der Waals surface area contributed by atoms with Crippen LogP contribution in [0, 0.1) is 0 Å². The number of ether oxygens (including phenoxy) is 1. The normalized spacial score (nSPS) is 24.6. The average molecular weight is 186 g/mol. The lowest BCUT2D eigenvalue weighted by atomic mass is 10.0. The maximum absolute atomic E-state index is 11.1. The highest BCUT2D eigenvalue weighted by Gasteiger charge is 2.39. The van der Waals surface area contributed by atoms with E-state index in [0.717, 1.165) is 13.0 Å². The number of rotatable bonds is 3. The van der Waals surface area contributed by atoms with Crippen molar-refractivity contribution >= 4 is 11.9 Å². The van der Waals surface area contributed by atoms with Crippen LogP contribution in [-0.2, 0) is 14.3 Å². The van der Waals surface area contributed by atoms with Crippen LogP contribution in [0.25, 0.3) is 0 Å². The third kappa shape index (κ3) is 1.80. The molecule has 0 aromatic rings. The zero-order valence-electron chi connectivity index (χ0n) is 7.82. The van der Waals surface area contributed by atoms with Gasteiger partial charge in [0.1, 0.15) is 6.04 Å². The van der Waals surface area contributed by atoms with Crippen molar-refractivity contribution in [1.29, 1.82) is 0 Å². The number of carbonyl (C=O) groups is 2. The van der Waals surface area contributed by atoms with Gasteiger partial charge < -0.3 is 10.5 Å². The van der Waals surface area contributed by atoms with E-state index >= 15 is 0 Å². The minimum Gasteiger partial charge on any atom is -0.468 e. The van der Waals surface area contributed by atoms with Gasteiger partial charge in [-0.3, -0.25) is 14.5 Å². The van der Waals surface area contributed by atoms with Crippen molar-refractivity contribution in [2.75, 3.05) is 13.7 Å². The Hall–Kier alpha value is -1.10. The van der Waals surface area contributed by atoms with Crippen molar-refractivity contribution in [3.8, 4) is 0 Å². The quantitative estimate of drug-likeness (QED) is 0.580. The first-order valence-corrected chi connectivity index (χ1v) is 4.20. The van der Waals surface area contributed by atoms with Crippen molar-refractivity contribution in [2.45, 2.75) is 25.4 Å². The third-order valence-electron chi connectivity index (χ3n) is 2.44. The highest BCUT2D eigenvalue weighted by Crippen LogP contribution is 2.21. The van der Waals surface area contributed by atoms with Gasteiger partial charge in [-0.15, -0.1) is 0 Å². The minimum absolute atomic E-state index is 0.285. The van der Waals surface area contributed by atoms with Crippen molar-refractivity contribution < 1.29 is 14.3 Å². The zero-order valence-corrected chi connectivity index (χ0v) is 7.82. The van der Waals surface area contributed by atoms with Gasteiger partial charge in [-0.05, 0) is 13.3 Å². The molecule has 1 amide bonds. The number of methoxy groups -OCH3 is 1. The Kier molecular flexibility index (Phi) is 2.87. The number of amides is 1. The van der Waals surface area contributed by atoms with Gasteiger partial charge in [0.25, 0.3) is 0 Å². The fourth-order valence-corrected chi connectivity index (χ4v) is 1.42. The van der Waals surface area contributed by atoms with Gasteiger partial charge in [0.15, 0.2) is 0 Å². The topological polar surface area (TPSA) is 72.6 Å². The molecule has 0 aromatic heterocycles. The van der Waals surface area contributed by atoms with Crippen LogP contribution in [0.5, 0.6) is 0 Å². The molecular formula is C8H14N2O3. The first-order valence-electron chi connectivity index (χ1n) is 4.20. The molecule has 1 aliphatic heterocycles. The fraction of sp³-hybridized carbons (Fsp3) is 0.750. The summed E-state index contributed by atoms with van der Waals surface area (Å²) in [6.07, 6.45) is 0.740. The van der Waals surface area contributed by atoms with Crippen LogP contribution in [0.15, 0.2) is 0 Å². The molecule has 1 rings (SSSR count). The molecule has 2 N–H and O–H groups in total. The van der Waals surface area contributed by atoms with Gasteiger partial charge in [-0.1, -0.05) is 0 Å². The maximum Gasteiger partial charge on any atom is 0.323 e. The molecule has 0 radical (unpaired) electrons. The summed E-state index contributed by atoms with van der Waals surface area (Å²) >= 11 is 0. The van der Waals surface area contributed by atoms with Crippen LogP contribution in [0.4, 0.5) is 0 Å². The van der Waals surface area contributed by atoms with E-state index in [2.05, 4.69) is 4.74 Å². The number of primary amides is 1. The molecule has 2 atom stereocenters. The van der Waals surface area contributed by atoms with Gasteiger partial charge in [-0.25, -0.2) is 0 Å². The summed E-state index contributed by atoms with van der Waals surface area (Å²) < 4.78 is 4.58. The molecule has 0 spiro atoms. The molecule has 0 bridgehead atoms. The van der Waals surface area contributed by atoms with E-state index in [0.29, 0.717) is 0 Å². The van der Waals surface area contributed by atoms with Gasteiger partial charge in [0, 0.05) is 6.54 Å². The number of likely N-dealkylation sites (tertiary alicyclic amines) is 1. The molecule has 2 unspecified atom stereocenters. The number of hydrogen-bond donors (Lipinski definition) is 1. The van der Waals surface area contributed by atoms with E-state index < -0.39 is 11.9 Å². The lowest BCUT2D eigenvalue weighted by molar-refractivity contribution is -0.154. The van der Waals surface area contributed by atoms with Crippen molar-refractivity contribution in [1.82, 2.24) is 4.90 Å². The maximum atomic E-state index is 11.1. The lowest BCUT2D eigenvalue weighted by Gasteiger charge is -2.41. The first-order chi connectivity index (χ1) is 6.07. The number of carbonyl (C=O) groups excluding carboxylic acids is 2. The molecule has 74 valence electrons. The van der Waals surface area contributed by atoms with Crippen LogP contribution in [0.2, 0.25) is 0 Å². The van der Waals surface area contributed by atoms with Gasteiger partial charge in [0.05, 0.1) is 13.2 Å². The molecule has 1 fully saturated rings. The summed E-state index contributed by atoms with van der Waals surface area (Å²) in [7, 11) is 1.34. The third-order valence-corrected chi connectivity index (χ3v) is 2.44. The van der Waals surface area contributed by atoms with E-state index in [9.17, 15) is 9.59 Å². The molecule has 0 aromatic carbocycles. The minimum atomic E-state index is -0.409. The largest absolute Gasteiger partial charge is 0.468 e. The Balaban J connectivity index is 2.54. The lowest BCUT2D eigenvalue weighted by Crippen LogP contribution is -2.59. The molecule has 13 heavy (non-hydrogen) atoms. The highest BCUT2D eigenvalue weighted by atomic mass is 16.5. The average Bonchev–Trinajstić information content (AvgIpc) is 2.01. The number of nitrogens with zero attached hydrogens (tertiary/aromatic N) is 1. The van der Waals surface area contributed by atoms with E-state index in [1.165, 1.54) is 7.11 Å². The number of esters is 1. The Bertz CT molecular complexity index is 229. The Morgan fingerprint density at radius 2 is 2.23 bits per heavy atom. The second kappa shape index (κ2) is 3.74. The standard InChI is InChI=1S/C8H14N2O3/c1-5(7(9)11)10-4-3-6(10)8(12)13-2/h5-6H,3-4H2,1-2H3,(H2,9,11). The summed E-state index contributed by atoms with van der Waals surface area (Å²) in [5.41, 5.74) is 5.12. The summed E-state index contributed by atoms with van der Waals surface area (Å²) in [5.74, 6) is -0.701. The second-order valence-corrected chi connectivity index (χ2v) is 3.14. The van der Waals surface area contributed by atoms with Crippen LogP contribution >= 0.6 is 0 Å². The number of hydrogen-bond acceptors (Lipinski definition) is 4. The molecule has 1 heterocycles. The Labute approximate surface area is 76.8 Å². The second-order valence-electron chi connectivity index (χ2n) is 3.14. The first kappa shape index (κ1) is 9.98. The van der Waals surface area contributed by atoms with Gasteiger partial charge >= 0.3 is 5.97 Å². The smallest absolute Gasteiger partial charge is 0.323 e. The van der Waals surface area contributed by atoms with Crippen LogP contribution in [0.3, 0.4) is 0 Å². The Morgan fingerprint density at radius 1 is 1.62 bits per heavy atom. The molecule has 1 aliphatic rings. The van der Waals surface area contributed by atoms with Crippen LogP contribution < -0.4 is 5.73 Å². The molecular weight excluding hydrogens is 172 g/mol. The molecule has 5 heteroatoms. The van der Waals surface area contributed by atoms with E-state index in [-0.39, 0.29) is 12.0 Å². The fourth-order valence-electron chi connectivity index (χ4n) is 1.42. The number of nitrogens with two attached hydrogens (primary N) is 1. The summed E-state index contributed by atoms with van der Waals surface area (Å²) in [6, 6.07) is -0.676. The van der Waals surface area contributed by atoms with E-state index in [1.807, 2.05) is 0 Å². The monoisotopic (exact) mass is 186 g/mol. The highest BCUT2D eigenvalue weighted by molar-refractivity contribution is 5.82. The Morgan fingerprint density at radius 3 is 2.54 bits per heavy atom. The summed E-state index contributed by atoms with van der Waals surface area (Å²) in [4.78, 5) is 23.7. The van der Waals surface area contributed by atoms with E-state index in [4.69, 9.17) is 5.73 Å². The van der Waals surface area contributed by atoms with Crippen molar-refractivity contribution in [3.63, 3.8) is 0 Å².